The van der Waals surface area contributed by atoms with Crippen molar-refractivity contribution in [2.24, 2.45) is 11.8 Å². The molecule has 0 aromatic carbocycles. The number of pyridine rings is 1. The predicted molar refractivity (Wildman–Crippen MR) is 104 cm³/mol. The summed E-state index contributed by atoms with van der Waals surface area (Å²) in [6.45, 7) is 8.23. The van der Waals surface area contributed by atoms with Gasteiger partial charge in [0, 0.05) is 39.1 Å². The average Bonchev–Trinajstić information content (AvgIpc) is 3.10. The van der Waals surface area contributed by atoms with Crippen LogP contribution in [0.15, 0.2) is 22.7 Å². The molecule has 2 atom stereocenters. The highest BCUT2D eigenvalue weighted by Gasteiger charge is 2.31. The van der Waals surface area contributed by atoms with E-state index in [1.54, 1.807) is 13.3 Å². The summed E-state index contributed by atoms with van der Waals surface area (Å²) in [6, 6.07) is 3.90. The van der Waals surface area contributed by atoms with Gasteiger partial charge in [-0.05, 0) is 30.4 Å². The number of ether oxygens (including phenoxy) is 1. The first-order chi connectivity index (χ1) is 13.5. The van der Waals surface area contributed by atoms with Crippen LogP contribution in [0, 0.1) is 11.8 Å². The minimum atomic E-state index is -0.0730. The van der Waals surface area contributed by atoms with Crippen LogP contribution >= 0.6 is 0 Å². The minimum absolute atomic E-state index is 0.0730. The zero-order valence-electron chi connectivity index (χ0n) is 16.9. The van der Waals surface area contributed by atoms with E-state index in [4.69, 9.17) is 9.15 Å². The number of carbonyl (C=O) groups excluding carboxylic acids is 1. The van der Waals surface area contributed by atoms with Crippen LogP contribution in [0.3, 0.4) is 0 Å². The van der Waals surface area contributed by atoms with Crippen LogP contribution < -0.4 is 4.74 Å². The molecule has 2 aliphatic heterocycles. The molecule has 0 N–H and O–H groups in total. The second-order valence-electron chi connectivity index (χ2n) is 8.20. The highest BCUT2D eigenvalue weighted by atomic mass is 16.5. The summed E-state index contributed by atoms with van der Waals surface area (Å²) in [4.78, 5) is 26.0. The molecule has 0 saturated carbocycles. The number of likely N-dealkylation sites (tertiary alicyclic amines) is 1. The van der Waals surface area contributed by atoms with Crippen molar-refractivity contribution in [2.45, 2.75) is 39.8 Å². The quantitative estimate of drug-likeness (QED) is 0.807. The van der Waals surface area contributed by atoms with Gasteiger partial charge in [0.15, 0.2) is 0 Å². The molecule has 0 spiro atoms. The summed E-state index contributed by atoms with van der Waals surface area (Å²) >= 11 is 0. The molecule has 0 unspecified atom stereocenters. The number of hydrogen-bond donors (Lipinski definition) is 0. The van der Waals surface area contributed by atoms with Gasteiger partial charge in [-0.25, -0.2) is 4.98 Å². The molecule has 0 bridgehead atoms. The second-order valence-corrected chi connectivity index (χ2v) is 8.20. The van der Waals surface area contributed by atoms with Gasteiger partial charge < -0.3 is 14.1 Å². The highest BCUT2D eigenvalue weighted by Crippen LogP contribution is 2.25. The summed E-state index contributed by atoms with van der Waals surface area (Å²) < 4.78 is 11.0. The summed E-state index contributed by atoms with van der Waals surface area (Å²) in [5.74, 6) is 2.81. The van der Waals surface area contributed by atoms with Crippen LogP contribution in [0.4, 0.5) is 0 Å². The van der Waals surface area contributed by atoms with Gasteiger partial charge in [0.1, 0.15) is 11.5 Å². The number of rotatable bonds is 4. The first-order valence-corrected chi connectivity index (χ1v) is 10.0. The van der Waals surface area contributed by atoms with Crippen LogP contribution in [0.1, 0.15) is 48.1 Å². The van der Waals surface area contributed by atoms with E-state index in [1.165, 1.54) is 6.42 Å². The number of aromatic nitrogens is 2. The maximum atomic E-state index is 12.9. The van der Waals surface area contributed by atoms with Crippen molar-refractivity contribution in [3.8, 4) is 5.75 Å². The Bertz CT molecular complexity index is 823. The van der Waals surface area contributed by atoms with E-state index in [-0.39, 0.29) is 11.8 Å². The van der Waals surface area contributed by atoms with E-state index in [1.807, 2.05) is 17.0 Å². The lowest BCUT2D eigenvalue weighted by Crippen LogP contribution is -2.42. The first-order valence-electron chi connectivity index (χ1n) is 10.0. The summed E-state index contributed by atoms with van der Waals surface area (Å²) in [5, 5.41) is 0. The molecule has 4 rings (SSSR count). The van der Waals surface area contributed by atoms with E-state index >= 15 is 0 Å². The molecule has 2 aromatic rings. The SMILES string of the molecule is COc1ccc(CN2CCc3oc(C(=O)N4C[C@H](C)C[C@@H](C)C4)nc3C2)nc1. The number of nitrogens with zero attached hydrogens (tertiary/aromatic N) is 4. The molecular weight excluding hydrogens is 356 g/mol. The maximum absolute atomic E-state index is 12.9. The van der Waals surface area contributed by atoms with E-state index < -0.39 is 0 Å². The number of piperidine rings is 1. The average molecular weight is 384 g/mol. The van der Waals surface area contributed by atoms with Gasteiger partial charge in [0.2, 0.25) is 0 Å². The van der Waals surface area contributed by atoms with Crippen LogP contribution in [0.5, 0.6) is 5.75 Å². The predicted octanol–water partition coefficient (Wildman–Crippen LogP) is 2.75. The van der Waals surface area contributed by atoms with Crippen molar-refractivity contribution in [3.05, 3.63) is 41.4 Å². The molecule has 150 valence electrons. The third-order valence-electron chi connectivity index (χ3n) is 5.56. The van der Waals surface area contributed by atoms with Crippen LogP contribution in [-0.2, 0) is 19.5 Å². The smallest absolute Gasteiger partial charge is 0.309 e. The molecule has 7 nitrogen and oxygen atoms in total. The lowest BCUT2D eigenvalue weighted by Gasteiger charge is -2.34. The molecule has 0 aliphatic carbocycles. The third kappa shape index (κ3) is 4.04. The standard InChI is InChI=1S/C21H28N4O3/c1-14-8-15(2)11-25(10-14)21(26)20-23-18-13-24(7-6-19(18)28-20)12-16-4-5-17(27-3)9-22-16/h4-5,9,14-15H,6-8,10-13H2,1-3H3/t14-,15-/m1/s1. The third-order valence-corrected chi connectivity index (χ3v) is 5.56. The first kappa shape index (κ1) is 18.9. The Balaban J connectivity index is 1.42. The van der Waals surface area contributed by atoms with Crippen LogP contribution in [0.2, 0.25) is 0 Å². The summed E-state index contributed by atoms with van der Waals surface area (Å²) in [7, 11) is 1.64. The Kier molecular flexibility index (Phi) is 5.35. The number of fused-ring (bicyclic) bond motifs is 1. The number of methoxy groups -OCH3 is 1. The Labute approximate surface area is 165 Å². The van der Waals surface area contributed by atoms with Gasteiger partial charge in [-0.2, -0.15) is 0 Å². The van der Waals surface area contributed by atoms with Crippen molar-refractivity contribution >= 4 is 5.91 Å². The van der Waals surface area contributed by atoms with Gasteiger partial charge in [0.25, 0.3) is 5.89 Å². The van der Waals surface area contributed by atoms with Gasteiger partial charge in [-0.1, -0.05) is 13.8 Å². The van der Waals surface area contributed by atoms with Gasteiger partial charge in [0.05, 0.1) is 24.7 Å². The fourth-order valence-electron chi connectivity index (χ4n) is 4.30. The lowest BCUT2D eigenvalue weighted by atomic mass is 9.92. The molecule has 28 heavy (non-hydrogen) atoms. The van der Waals surface area contributed by atoms with E-state index in [9.17, 15) is 4.79 Å². The zero-order chi connectivity index (χ0) is 19.7. The molecule has 2 aromatic heterocycles. The van der Waals surface area contributed by atoms with Crippen molar-refractivity contribution < 1.29 is 13.9 Å². The second kappa shape index (κ2) is 7.91. The van der Waals surface area contributed by atoms with Crippen molar-refractivity contribution in [2.75, 3.05) is 26.7 Å². The zero-order valence-corrected chi connectivity index (χ0v) is 16.9. The Morgan fingerprint density at radius 3 is 2.75 bits per heavy atom. The summed E-state index contributed by atoms with van der Waals surface area (Å²) in [5.41, 5.74) is 1.86. The van der Waals surface area contributed by atoms with Crippen molar-refractivity contribution in [1.29, 1.82) is 0 Å². The fourth-order valence-corrected chi connectivity index (χ4v) is 4.30. The molecule has 4 heterocycles. The number of amides is 1. The number of carbonyl (C=O) groups is 1. The molecule has 1 amide bonds. The molecule has 1 fully saturated rings. The molecule has 2 aliphatic rings. The molecule has 7 heteroatoms. The van der Waals surface area contributed by atoms with Crippen molar-refractivity contribution in [1.82, 2.24) is 19.8 Å². The normalized spacial score (nSPS) is 22.8. The Morgan fingerprint density at radius 2 is 2.07 bits per heavy atom. The topological polar surface area (TPSA) is 71.7 Å². The van der Waals surface area contributed by atoms with Crippen molar-refractivity contribution in [3.63, 3.8) is 0 Å². The maximum Gasteiger partial charge on any atom is 0.309 e. The van der Waals surface area contributed by atoms with E-state index in [0.717, 1.165) is 55.5 Å². The van der Waals surface area contributed by atoms with Gasteiger partial charge >= 0.3 is 5.91 Å². The van der Waals surface area contributed by atoms with Gasteiger partial charge in [-0.15, -0.1) is 0 Å². The lowest BCUT2D eigenvalue weighted by molar-refractivity contribution is 0.0581. The van der Waals surface area contributed by atoms with Crippen LogP contribution in [0.25, 0.3) is 0 Å². The monoisotopic (exact) mass is 384 g/mol. The summed E-state index contributed by atoms with van der Waals surface area (Å²) in [6.07, 6.45) is 3.66. The Morgan fingerprint density at radius 1 is 1.29 bits per heavy atom. The Hall–Kier alpha value is -2.41. The molecule has 0 radical (unpaired) electrons. The highest BCUT2D eigenvalue weighted by molar-refractivity contribution is 5.89. The number of oxazole rings is 1. The van der Waals surface area contributed by atoms with Gasteiger partial charge in [-0.3, -0.25) is 14.7 Å². The largest absolute Gasteiger partial charge is 0.495 e. The fraction of sp³-hybridized carbons (Fsp3) is 0.571. The van der Waals surface area contributed by atoms with E-state index in [2.05, 4.69) is 28.7 Å². The van der Waals surface area contributed by atoms with E-state index in [0.29, 0.717) is 18.4 Å². The van der Waals surface area contributed by atoms with Crippen LogP contribution in [-0.4, -0.2) is 52.4 Å². The molecule has 1 saturated heterocycles. The molecular formula is C21H28N4O3. The minimum Gasteiger partial charge on any atom is -0.495 e. The number of hydrogen-bond acceptors (Lipinski definition) is 6.